The summed E-state index contributed by atoms with van der Waals surface area (Å²) < 4.78 is 13.5. The highest BCUT2D eigenvalue weighted by molar-refractivity contribution is 5.94. The van der Waals surface area contributed by atoms with Gasteiger partial charge in [-0.15, -0.1) is 0 Å². The Hall–Kier alpha value is -1.42. The monoisotopic (exact) mass is 238 g/mol. The van der Waals surface area contributed by atoms with Gasteiger partial charge < -0.3 is 11.1 Å². The van der Waals surface area contributed by atoms with Crippen LogP contribution in [0.5, 0.6) is 0 Å². The lowest BCUT2D eigenvalue weighted by atomic mass is 10.1. The van der Waals surface area contributed by atoms with Gasteiger partial charge in [0.25, 0.3) is 5.91 Å². The molecule has 1 aromatic carbocycles. The molecule has 1 amide bonds. The second-order valence-electron chi connectivity index (χ2n) is 4.57. The Kier molecular flexibility index (Phi) is 4.63. The largest absolute Gasteiger partial charge is 0.349 e. The standard InChI is InChI=1S/C13H19FN2O/c1-8-4-5-11(12(14)6-8)13(17)16-10(3)7-9(2)15/h4-6,9-10H,7,15H2,1-3H3,(H,16,17). The fourth-order valence-electron chi connectivity index (χ4n) is 1.72. The molecule has 0 aromatic heterocycles. The highest BCUT2D eigenvalue weighted by atomic mass is 19.1. The van der Waals surface area contributed by atoms with Crippen LogP contribution in [0.25, 0.3) is 0 Å². The van der Waals surface area contributed by atoms with E-state index in [1.807, 2.05) is 13.8 Å². The van der Waals surface area contributed by atoms with Gasteiger partial charge in [0.15, 0.2) is 0 Å². The van der Waals surface area contributed by atoms with E-state index >= 15 is 0 Å². The van der Waals surface area contributed by atoms with Crippen LogP contribution < -0.4 is 11.1 Å². The quantitative estimate of drug-likeness (QED) is 0.842. The lowest BCUT2D eigenvalue weighted by molar-refractivity contribution is 0.0933. The van der Waals surface area contributed by atoms with Crippen LogP contribution in [-0.4, -0.2) is 18.0 Å². The van der Waals surface area contributed by atoms with Crippen LogP contribution in [0.1, 0.15) is 36.2 Å². The van der Waals surface area contributed by atoms with Crippen molar-refractivity contribution in [3.63, 3.8) is 0 Å². The normalized spacial score (nSPS) is 14.2. The van der Waals surface area contributed by atoms with E-state index in [4.69, 9.17) is 5.73 Å². The Morgan fingerprint density at radius 2 is 2.12 bits per heavy atom. The number of nitrogens with one attached hydrogen (secondary N) is 1. The second kappa shape index (κ2) is 5.77. The topological polar surface area (TPSA) is 55.1 Å². The van der Waals surface area contributed by atoms with Crippen LogP contribution >= 0.6 is 0 Å². The van der Waals surface area contributed by atoms with Gasteiger partial charge in [0.05, 0.1) is 5.56 Å². The van der Waals surface area contributed by atoms with Crippen molar-refractivity contribution < 1.29 is 9.18 Å². The van der Waals surface area contributed by atoms with Gasteiger partial charge in [-0.1, -0.05) is 6.07 Å². The molecular formula is C13H19FN2O. The van der Waals surface area contributed by atoms with Crippen LogP contribution in [0.15, 0.2) is 18.2 Å². The van der Waals surface area contributed by atoms with Gasteiger partial charge in [-0.25, -0.2) is 4.39 Å². The summed E-state index contributed by atoms with van der Waals surface area (Å²) in [6.45, 7) is 5.51. The Labute approximate surface area is 101 Å². The Morgan fingerprint density at radius 3 is 2.65 bits per heavy atom. The van der Waals surface area contributed by atoms with Gasteiger partial charge in [-0.2, -0.15) is 0 Å². The molecule has 2 atom stereocenters. The molecule has 3 nitrogen and oxygen atoms in total. The van der Waals surface area contributed by atoms with Crippen molar-refractivity contribution >= 4 is 5.91 Å². The Morgan fingerprint density at radius 1 is 1.47 bits per heavy atom. The molecule has 0 saturated heterocycles. The molecule has 0 bridgehead atoms. The highest BCUT2D eigenvalue weighted by Gasteiger charge is 2.14. The highest BCUT2D eigenvalue weighted by Crippen LogP contribution is 2.10. The molecule has 2 unspecified atom stereocenters. The molecule has 3 N–H and O–H groups in total. The predicted molar refractivity (Wildman–Crippen MR) is 66.3 cm³/mol. The smallest absolute Gasteiger partial charge is 0.254 e. The van der Waals surface area contributed by atoms with Crippen LogP contribution in [0.2, 0.25) is 0 Å². The summed E-state index contributed by atoms with van der Waals surface area (Å²) in [6.07, 6.45) is 0.666. The number of halogens is 1. The summed E-state index contributed by atoms with van der Waals surface area (Å²) in [6, 6.07) is 4.51. The van der Waals surface area contributed by atoms with Crippen molar-refractivity contribution in [2.24, 2.45) is 5.73 Å². The molecular weight excluding hydrogens is 219 g/mol. The molecule has 0 radical (unpaired) electrons. The van der Waals surface area contributed by atoms with Gasteiger partial charge >= 0.3 is 0 Å². The molecule has 0 spiro atoms. The van der Waals surface area contributed by atoms with E-state index in [1.165, 1.54) is 12.1 Å². The number of hydrogen-bond acceptors (Lipinski definition) is 2. The number of amides is 1. The summed E-state index contributed by atoms with van der Waals surface area (Å²) >= 11 is 0. The van der Waals surface area contributed by atoms with Crippen molar-refractivity contribution in [2.75, 3.05) is 0 Å². The first-order valence-corrected chi connectivity index (χ1v) is 5.72. The molecule has 0 fully saturated rings. The number of hydrogen-bond donors (Lipinski definition) is 2. The number of carbonyl (C=O) groups excluding carboxylic acids is 1. The van der Waals surface area contributed by atoms with Crippen LogP contribution in [0, 0.1) is 12.7 Å². The zero-order valence-electron chi connectivity index (χ0n) is 10.5. The van der Waals surface area contributed by atoms with Crippen molar-refractivity contribution in [2.45, 2.75) is 39.3 Å². The van der Waals surface area contributed by atoms with Gasteiger partial charge in [-0.3, -0.25) is 4.79 Å². The average Bonchev–Trinajstić information content (AvgIpc) is 2.15. The Bertz CT molecular complexity index is 404. The molecule has 0 saturated carbocycles. The number of benzene rings is 1. The van der Waals surface area contributed by atoms with Crippen molar-refractivity contribution in [3.05, 3.63) is 35.1 Å². The summed E-state index contributed by atoms with van der Waals surface area (Å²) in [5, 5.41) is 2.73. The van der Waals surface area contributed by atoms with E-state index < -0.39 is 11.7 Å². The first kappa shape index (κ1) is 13.6. The maximum Gasteiger partial charge on any atom is 0.254 e. The minimum Gasteiger partial charge on any atom is -0.349 e. The van der Waals surface area contributed by atoms with Crippen molar-refractivity contribution in [3.8, 4) is 0 Å². The summed E-state index contributed by atoms with van der Waals surface area (Å²) in [7, 11) is 0. The zero-order chi connectivity index (χ0) is 13.0. The third-order valence-electron chi connectivity index (χ3n) is 2.47. The first-order valence-electron chi connectivity index (χ1n) is 5.72. The van der Waals surface area contributed by atoms with E-state index in [1.54, 1.807) is 13.0 Å². The average molecular weight is 238 g/mol. The third-order valence-corrected chi connectivity index (χ3v) is 2.47. The molecule has 0 aliphatic rings. The van der Waals surface area contributed by atoms with Gasteiger partial charge in [0.1, 0.15) is 5.82 Å². The zero-order valence-corrected chi connectivity index (χ0v) is 10.5. The summed E-state index contributed by atoms with van der Waals surface area (Å²) in [5.41, 5.74) is 6.50. The molecule has 17 heavy (non-hydrogen) atoms. The maximum atomic E-state index is 13.5. The SMILES string of the molecule is Cc1ccc(C(=O)NC(C)CC(C)N)c(F)c1. The molecule has 0 aliphatic heterocycles. The molecule has 4 heteroatoms. The van der Waals surface area contributed by atoms with Gasteiger partial charge in [-0.05, 0) is 44.9 Å². The minimum atomic E-state index is -0.490. The third kappa shape index (κ3) is 4.15. The second-order valence-corrected chi connectivity index (χ2v) is 4.57. The van der Waals surface area contributed by atoms with E-state index in [-0.39, 0.29) is 17.6 Å². The number of carbonyl (C=O) groups is 1. The van der Waals surface area contributed by atoms with Crippen LogP contribution in [-0.2, 0) is 0 Å². The minimum absolute atomic E-state index is 0.00756. The van der Waals surface area contributed by atoms with E-state index in [0.29, 0.717) is 6.42 Å². The van der Waals surface area contributed by atoms with Crippen LogP contribution in [0.3, 0.4) is 0 Å². The number of rotatable bonds is 4. The summed E-state index contributed by atoms with van der Waals surface area (Å²) in [4.78, 5) is 11.8. The van der Waals surface area contributed by atoms with Crippen molar-refractivity contribution in [1.82, 2.24) is 5.32 Å². The lowest BCUT2D eigenvalue weighted by Crippen LogP contribution is -2.36. The fraction of sp³-hybridized carbons (Fsp3) is 0.462. The number of nitrogens with two attached hydrogens (primary N) is 1. The van der Waals surface area contributed by atoms with E-state index in [2.05, 4.69) is 5.32 Å². The first-order chi connectivity index (χ1) is 7.90. The van der Waals surface area contributed by atoms with Gasteiger partial charge in [0.2, 0.25) is 0 Å². The molecule has 1 rings (SSSR count). The molecule has 1 aromatic rings. The maximum absolute atomic E-state index is 13.5. The number of aryl methyl sites for hydroxylation is 1. The fourth-order valence-corrected chi connectivity index (χ4v) is 1.72. The molecule has 0 heterocycles. The Balaban J connectivity index is 2.70. The van der Waals surface area contributed by atoms with Gasteiger partial charge in [0, 0.05) is 12.1 Å². The van der Waals surface area contributed by atoms with Crippen LogP contribution in [0.4, 0.5) is 4.39 Å². The van der Waals surface area contributed by atoms with Crippen molar-refractivity contribution in [1.29, 1.82) is 0 Å². The predicted octanol–water partition coefficient (Wildman–Crippen LogP) is 1.99. The molecule has 0 aliphatic carbocycles. The summed E-state index contributed by atoms with van der Waals surface area (Å²) in [5.74, 6) is -0.883. The molecule has 94 valence electrons. The van der Waals surface area contributed by atoms with E-state index in [0.717, 1.165) is 5.56 Å². The van der Waals surface area contributed by atoms with E-state index in [9.17, 15) is 9.18 Å². The lowest BCUT2D eigenvalue weighted by Gasteiger charge is -2.16.